The topological polar surface area (TPSA) is 70.8 Å². The number of carbonyl (C=O) groups is 1. The first-order valence-corrected chi connectivity index (χ1v) is 6.68. The van der Waals surface area contributed by atoms with E-state index in [4.69, 9.17) is 19.9 Å². The molecule has 18 heavy (non-hydrogen) atoms. The van der Waals surface area contributed by atoms with Crippen molar-refractivity contribution in [1.29, 1.82) is 0 Å². The highest BCUT2D eigenvalue weighted by molar-refractivity contribution is 5.81. The molecule has 106 valence electrons. The molecule has 1 aliphatic rings. The van der Waals surface area contributed by atoms with Gasteiger partial charge in [-0.25, -0.2) is 0 Å². The Morgan fingerprint density at radius 3 is 2.72 bits per heavy atom. The number of hydrogen-bond donors (Lipinski definition) is 1. The normalized spacial score (nSPS) is 27.4. The second-order valence-corrected chi connectivity index (χ2v) is 4.72. The van der Waals surface area contributed by atoms with Gasteiger partial charge in [0.05, 0.1) is 20.3 Å². The summed E-state index contributed by atoms with van der Waals surface area (Å²) in [4.78, 5) is 11.7. The minimum absolute atomic E-state index is 0.164. The molecule has 0 aromatic heterocycles. The maximum absolute atomic E-state index is 11.7. The summed E-state index contributed by atoms with van der Waals surface area (Å²) in [6, 6.07) is 0. The summed E-state index contributed by atoms with van der Waals surface area (Å²) in [5.41, 5.74) is 5.36. The Bertz CT molecular complexity index is 259. The zero-order valence-electron chi connectivity index (χ0n) is 11.4. The Morgan fingerprint density at radius 2 is 2.06 bits per heavy atom. The molecule has 1 saturated carbocycles. The van der Waals surface area contributed by atoms with E-state index in [2.05, 4.69) is 0 Å². The Balaban J connectivity index is 2.26. The molecule has 0 saturated heterocycles. The first kappa shape index (κ1) is 15.4. The number of carbonyl (C=O) groups excluding carboxylic acids is 1. The van der Waals surface area contributed by atoms with Crippen LogP contribution in [0, 0.1) is 5.92 Å². The van der Waals surface area contributed by atoms with E-state index >= 15 is 0 Å². The van der Waals surface area contributed by atoms with Crippen molar-refractivity contribution in [3.05, 3.63) is 0 Å². The molecule has 0 radical (unpaired) electrons. The van der Waals surface area contributed by atoms with E-state index in [-0.39, 0.29) is 11.9 Å². The van der Waals surface area contributed by atoms with Crippen LogP contribution in [0.5, 0.6) is 0 Å². The summed E-state index contributed by atoms with van der Waals surface area (Å²) >= 11 is 0. The Labute approximate surface area is 109 Å². The van der Waals surface area contributed by atoms with Gasteiger partial charge in [-0.05, 0) is 32.1 Å². The molecule has 1 fully saturated rings. The van der Waals surface area contributed by atoms with Crippen LogP contribution in [0.1, 0.15) is 32.6 Å². The first-order valence-electron chi connectivity index (χ1n) is 6.68. The van der Waals surface area contributed by atoms with Crippen LogP contribution in [0.4, 0.5) is 0 Å². The van der Waals surface area contributed by atoms with Crippen LogP contribution in [0.15, 0.2) is 0 Å². The fourth-order valence-electron chi connectivity index (χ4n) is 2.55. The molecule has 0 aliphatic heterocycles. The number of ether oxygens (including phenoxy) is 3. The largest absolute Gasteiger partial charge is 0.468 e. The standard InChI is InChI=1S/C13H25NO4/c1-3-17-9-10-18-8-6-11-5-4-7-13(11,14)12(15)16-2/h11H,3-10,14H2,1-2H3. The number of nitrogens with two attached hydrogens (primary N) is 1. The number of esters is 1. The van der Waals surface area contributed by atoms with Gasteiger partial charge in [0.1, 0.15) is 5.54 Å². The quantitative estimate of drug-likeness (QED) is 0.522. The summed E-state index contributed by atoms with van der Waals surface area (Å²) in [5, 5.41) is 0. The summed E-state index contributed by atoms with van der Waals surface area (Å²) < 4.78 is 15.5. The van der Waals surface area contributed by atoms with Gasteiger partial charge in [0, 0.05) is 13.2 Å². The minimum Gasteiger partial charge on any atom is -0.468 e. The molecule has 0 aromatic rings. The maximum atomic E-state index is 11.7. The second kappa shape index (κ2) is 7.71. The highest BCUT2D eigenvalue weighted by Gasteiger charge is 2.46. The van der Waals surface area contributed by atoms with E-state index in [1.54, 1.807) is 0 Å². The molecule has 2 unspecified atom stereocenters. The predicted molar refractivity (Wildman–Crippen MR) is 68.2 cm³/mol. The van der Waals surface area contributed by atoms with Gasteiger partial charge in [0.15, 0.2) is 0 Å². The molecule has 5 nitrogen and oxygen atoms in total. The van der Waals surface area contributed by atoms with Gasteiger partial charge in [-0.1, -0.05) is 6.42 Å². The van der Waals surface area contributed by atoms with Crippen LogP contribution in [-0.4, -0.2) is 45.0 Å². The average molecular weight is 259 g/mol. The molecular formula is C13H25NO4. The molecule has 0 amide bonds. The molecular weight excluding hydrogens is 234 g/mol. The van der Waals surface area contributed by atoms with Gasteiger partial charge in [0.25, 0.3) is 0 Å². The smallest absolute Gasteiger partial charge is 0.326 e. The van der Waals surface area contributed by atoms with Gasteiger partial charge < -0.3 is 19.9 Å². The van der Waals surface area contributed by atoms with Gasteiger partial charge in [0.2, 0.25) is 0 Å². The number of methoxy groups -OCH3 is 1. The molecule has 2 atom stereocenters. The van der Waals surface area contributed by atoms with Gasteiger partial charge >= 0.3 is 5.97 Å². The van der Waals surface area contributed by atoms with Crippen molar-refractivity contribution in [2.24, 2.45) is 11.7 Å². The van der Waals surface area contributed by atoms with Gasteiger partial charge in [-0.3, -0.25) is 4.79 Å². The molecule has 1 rings (SSSR count). The lowest BCUT2D eigenvalue weighted by Crippen LogP contribution is -2.51. The third-order valence-corrected chi connectivity index (χ3v) is 3.62. The van der Waals surface area contributed by atoms with E-state index < -0.39 is 5.54 Å². The van der Waals surface area contributed by atoms with E-state index in [0.29, 0.717) is 32.8 Å². The third-order valence-electron chi connectivity index (χ3n) is 3.62. The Kier molecular flexibility index (Phi) is 6.60. The maximum Gasteiger partial charge on any atom is 0.326 e. The SMILES string of the molecule is CCOCCOCCC1CCCC1(N)C(=O)OC. The summed E-state index contributed by atoms with van der Waals surface area (Å²) in [6.07, 6.45) is 3.47. The first-order chi connectivity index (χ1) is 8.65. The van der Waals surface area contributed by atoms with Crippen LogP contribution in [0.25, 0.3) is 0 Å². The van der Waals surface area contributed by atoms with Crippen LogP contribution < -0.4 is 5.73 Å². The van der Waals surface area contributed by atoms with Crippen molar-refractivity contribution in [1.82, 2.24) is 0 Å². The van der Waals surface area contributed by atoms with Crippen LogP contribution in [0.2, 0.25) is 0 Å². The predicted octanol–water partition coefficient (Wildman–Crippen LogP) is 1.10. The van der Waals surface area contributed by atoms with Crippen molar-refractivity contribution in [2.45, 2.75) is 38.1 Å². The zero-order valence-corrected chi connectivity index (χ0v) is 11.4. The summed E-state index contributed by atoms with van der Waals surface area (Å²) in [7, 11) is 1.39. The van der Waals surface area contributed by atoms with Gasteiger partial charge in [-0.15, -0.1) is 0 Å². The Hall–Kier alpha value is -0.650. The van der Waals surface area contributed by atoms with Crippen molar-refractivity contribution < 1.29 is 19.0 Å². The highest BCUT2D eigenvalue weighted by atomic mass is 16.5. The lowest BCUT2D eigenvalue weighted by atomic mass is 9.86. The van der Waals surface area contributed by atoms with Crippen molar-refractivity contribution in [2.75, 3.05) is 33.5 Å². The molecule has 1 aliphatic carbocycles. The van der Waals surface area contributed by atoms with E-state index in [0.717, 1.165) is 19.3 Å². The number of hydrogen-bond acceptors (Lipinski definition) is 5. The molecule has 0 heterocycles. The van der Waals surface area contributed by atoms with Crippen molar-refractivity contribution in [3.63, 3.8) is 0 Å². The van der Waals surface area contributed by atoms with E-state index in [1.165, 1.54) is 7.11 Å². The third kappa shape index (κ3) is 3.93. The fourth-order valence-corrected chi connectivity index (χ4v) is 2.55. The highest BCUT2D eigenvalue weighted by Crippen LogP contribution is 2.36. The van der Waals surface area contributed by atoms with Crippen LogP contribution in [0.3, 0.4) is 0 Å². The minimum atomic E-state index is -0.808. The number of rotatable bonds is 8. The summed E-state index contributed by atoms with van der Waals surface area (Å²) in [5.74, 6) is -0.128. The molecule has 5 heteroatoms. The zero-order chi connectivity index (χ0) is 13.4. The van der Waals surface area contributed by atoms with Crippen molar-refractivity contribution in [3.8, 4) is 0 Å². The fraction of sp³-hybridized carbons (Fsp3) is 0.923. The van der Waals surface area contributed by atoms with Crippen molar-refractivity contribution >= 4 is 5.97 Å². The molecule has 0 spiro atoms. The van der Waals surface area contributed by atoms with E-state index in [1.807, 2.05) is 6.92 Å². The van der Waals surface area contributed by atoms with Crippen LogP contribution in [-0.2, 0) is 19.0 Å². The monoisotopic (exact) mass is 259 g/mol. The average Bonchev–Trinajstić information content (AvgIpc) is 2.75. The molecule has 0 bridgehead atoms. The second-order valence-electron chi connectivity index (χ2n) is 4.72. The Morgan fingerprint density at radius 1 is 1.33 bits per heavy atom. The summed E-state index contributed by atoms with van der Waals surface area (Å²) in [6.45, 7) is 4.49. The molecule has 2 N–H and O–H groups in total. The van der Waals surface area contributed by atoms with Crippen LogP contribution >= 0.6 is 0 Å². The van der Waals surface area contributed by atoms with E-state index in [9.17, 15) is 4.79 Å². The lowest BCUT2D eigenvalue weighted by Gasteiger charge is -2.28. The lowest BCUT2D eigenvalue weighted by molar-refractivity contribution is -0.148. The van der Waals surface area contributed by atoms with Gasteiger partial charge in [-0.2, -0.15) is 0 Å². The molecule has 0 aromatic carbocycles.